The zero-order chi connectivity index (χ0) is 16.4. The molecule has 0 saturated carbocycles. The van der Waals surface area contributed by atoms with Crippen LogP contribution in [0.3, 0.4) is 0 Å². The summed E-state index contributed by atoms with van der Waals surface area (Å²) in [4.78, 5) is 11.3. The molecule has 23 heavy (non-hydrogen) atoms. The molecule has 2 heterocycles. The van der Waals surface area contributed by atoms with E-state index in [9.17, 15) is 0 Å². The Balaban J connectivity index is 1.82. The van der Waals surface area contributed by atoms with Gasteiger partial charge in [-0.05, 0) is 25.5 Å². The molecule has 0 N–H and O–H groups in total. The molecule has 0 radical (unpaired) electrons. The van der Waals surface area contributed by atoms with Gasteiger partial charge >= 0.3 is 0 Å². The van der Waals surface area contributed by atoms with Crippen molar-refractivity contribution in [3.05, 3.63) is 46.5 Å². The van der Waals surface area contributed by atoms with Crippen molar-refractivity contribution in [2.24, 2.45) is 0 Å². The molecule has 0 spiro atoms. The Labute approximate surface area is 137 Å². The summed E-state index contributed by atoms with van der Waals surface area (Å²) in [6.45, 7) is 6.78. The molecular formula is C18H23N3O2. The summed E-state index contributed by atoms with van der Waals surface area (Å²) in [5.74, 6) is 2.56. The number of benzene rings is 1. The molecule has 122 valence electrons. The number of ether oxygens (including phenoxy) is 2. The van der Waals surface area contributed by atoms with E-state index in [0.717, 1.165) is 43.4 Å². The summed E-state index contributed by atoms with van der Waals surface area (Å²) in [5.41, 5.74) is 4.82. The van der Waals surface area contributed by atoms with Gasteiger partial charge in [0.1, 0.15) is 17.3 Å². The maximum atomic E-state index is 5.56. The normalized spacial score (nSPS) is 14.4. The first-order chi connectivity index (χ1) is 11.1. The predicted molar refractivity (Wildman–Crippen MR) is 88.9 cm³/mol. The molecule has 0 amide bonds. The van der Waals surface area contributed by atoms with Gasteiger partial charge in [-0.2, -0.15) is 0 Å². The third-order valence-electron chi connectivity index (χ3n) is 4.38. The lowest BCUT2D eigenvalue weighted by Gasteiger charge is -2.29. The van der Waals surface area contributed by atoms with Gasteiger partial charge in [-0.3, -0.25) is 4.90 Å². The molecule has 0 saturated heterocycles. The third-order valence-corrected chi connectivity index (χ3v) is 4.38. The van der Waals surface area contributed by atoms with E-state index in [1.807, 2.05) is 19.2 Å². The highest BCUT2D eigenvalue weighted by Gasteiger charge is 2.20. The highest BCUT2D eigenvalue weighted by Crippen LogP contribution is 2.30. The smallest absolute Gasteiger partial charge is 0.127 e. The highest BCUT2D eigenvalue weighted by molar-refractivity contribution is 5.46. The van der Waals surface area contributed by atoms with Gasteiger partial charge in [0.2, 0.25) is 0 Å². The van der Waals surface area contributed by atoms with Crippen LogP contribution in [-0.2, 0) is 19.5 Å². The molecule has 1 aromatic carbocycles. The van der Waals surface area contributed by atoms with Crippen LogP contribution >= 0.6 is 0 Å². The Morgan fingerprint density at radius 2 is 2.00 bits per heavy atom. The van der Waals surface area contributed by atoms with E-state index in [1.54, 1.807) is 14.2 Å². The van der Waals surface area contributed by atoms with Gasteiger partial charge in [0.15, 0.2) is 0 Å². The van der Waals surface area contributed by atoms with E-state index in [0.29, 0.717) is 0 Å². The SMILES string of the molecule is COc1cc(C)c(CN2CCc3nc(C)ncc3C2)c(OC)c1. The predicted octanol–water partition coefficient (Wildman–Crippen LogP) is 2.67. The average molecular weight is 313 g/mol. The zero-order valence-electron chi connectivity index (χ0n) is 14.2. The molecule has 5 nitrogen and oxygen atoms in total. The van der Waals surface area contributed by atoms with E-state index in [2.05, 4.69) is 27.9 Å². The number of hydrogen-bond acceptors (Lipinski definition) is 5. The third kappa shape index (κ3) is 3.29. The fraction of sp³-hybridized carbons (Fsp3) is 0.444. The lowest BCUT2D eigenvalue weighted by atomic mass is 10.0. The van der Waals surface area contributed by atoms with Crippen LogP contribution in [0.4, 0.5) is 0 Å². The summed E-state index contributed by atoms with van der Waals surface area (Å²) < 4.78 is 10.9. The lowest BCUT2D eigenvalue weighted by Crippen LogP contribution is -2.31. The monoisotopic (exact) mass is 313 g/mol. The van der Waals surface area contributed by atoms with E-state index >= 15 is 0 Å². The van der Waals surface area contributed by atoms with Gasteiger partial charge in [-0.1, -0.05) is 0 Å². The van der Waals surface area contributed by atoms with Crippen LogP contribution in [0.5, 0.6) is 11.5 Å². The molecular weight excluding hydrogens is 290 g/mol. The quantitative estimate of drug-likeness (QED) is 0.868. The molecule has 1 aliphatic heterocycles. The molecule has 0 aliphatic carbocycles. The van der Waals surface area contributed by atoms with Crippen molar-refractivity contribution in [3.63, 3.8) is 0 Å². The summed E-state index contributed by atoms with van der Waals surface area (Å²) in [5, 5.41) is 0. The molecule has 0 unspecified atom stereocenters. The van der Waals surface area contributed by atoms with Crippen LogP contribution in [0, 0.1) is 13.8 Å². The van der Waals surface area contributed by atoms with E-state index in [1.165, 1.54) is 22.4 Å². The Morgan fingerprint density at radius 3 is 2.74 bits per heavy atom. The first-order valence-electron chi connectivity index (χ1n) is 7.86. The largest absolute Gasteiger partial charge is 0.497 e. The number of fused-ring (bicyclic) bond motifs is 1. The van der Waals surface area contributed by atoms with Gasteiger partial charge in [0, 0.05) is 55.1 Å². The van der Waals surface area contributed by atoms with Crippen molar-refractivity contribution >= 4 is 0 Å². The van der Waals surface area contributed by atoms with Gasteiger partial charge in [0.25, 0.3) is 0 Å². The van der Waals surface area contributed by atoms with Crippen molar-refractivity contribution in [2.75, 3.05) is 20.8 Å². The van der Waals surface area contributed by atoms with Crippen LogP contribution in [0.2, 0.25) is 0 Å². The first kappa shape index (κ1) is 15.7. The Hall–Kier alpha value is -2.14. The minimum Gasteiger partial charge on any atom is -0.497 e. The Bertz CT molecular complexity index is 716. The fourth-order valence-corrected chi connectivity index (χ4v) is 3.09. The molecule has 0 bridgehead atoms. The second kappa shape index (κ2) is 6.54. The number of nitrogens with zero attached hydrogens (tertiary/aromatic N) is 3. The molecule has 0 fully saturated rings. The average Bonchev–Trinajstić information content (AvgIpc) is 2.56. The number of methoxy groups -OCH3 is 2. The summed E-state index contributed by atoms with van der Waals surface area (Å²) in [7, 11) is 3.39. The van der Waals surface area contributed by atoms with Crippen molar-refractivity contribution in [3.8, 4) is 11.5 Å². The van der Waals surface area contributed by atoms with Gasteiger partial charge in [-0.15, -0.1) is 0 Å². The summed E-state index contributed by atoms with van der Waals surface area (Å²) >= 11 is 0. The summed E-state index contributed by atoms with van der Waals surface area (Å²) in [6, 6.07) is 4.01. The van der Waals surface area contributed by atoms with E-state index < -0.39 is 0 Å². The second-order valence-electron chi connectivity index (χ2n) is 5.97. The molecule has 1 aliphatic rings. The summed E-state index contributed by atoms with van der Waals surface area (Å²) in [6.07, 6.45) is 2.93. The van der Waals surface area contributed by atoms with Crippen LogP contribution in [0.15, 0.2) is 18.3 Å². The van der Waals surface area contributed by atoms with E-state index in [-0.39, 0.29) is 0 Å². The molecule has 1 aromatic heterocycles. The second-order valence-corrected chi connectivity index (χ2v) is 5.97. The zero-order valence-corrected chi connectivity index (χ0v) is 14.2. The minimum atomic E-state index is 0.830. The Morgan fingerprint density at radius 1 is 1.17 bits per heavy atom. The van der Waals surface area contributed by atoms with Gasteiger partial charge in [0.05, 0.1) is 14.2 Å². The van der Waals surface area contributed by atoms with E-state index in [4.69, 9.17) is 9.47 Å². The van der Waals surface area contributed by atoms with Crippen LogP contribution in [0.25, 0.3) is 0 Å². The van der Waals surface area contributed by atoms with Crippen molar-refractivity contribution in [1.82, 2.24) is 14.9 Å². The molecule has 0 atom stereocenters. The van der Waals surface area contributed by atoms with Crippen LogP contribution in [-0.4, -0.2) is 35.6 Å². The van der Waals surface area contributed by atoms with Crippen molar-refractivity contribution in [2.45, 2.75) is 33.4 Å². The lowest BCUT2D eigenvalue weighted by molar-refractivity contribution is 0.238. The number of aromatic nitrogens is 2. The van der Waals surface area contributed by atoms with Crippen molar-refractivity contribution < 1.29 is 9.47 Å². The van der Waals surface area contributed by atoms with Gasteiger partial charge in [-0.25, -0.2) is 9.97 Å². The fourth-order valence-electron chi connectivity index (χ4n) is 3.09. The maximum Gasteiger partial charge on any atom is 0.127 e. The maximum absolute atomic E-state index is 5.56. The Kier molecular flexibility index (Phi) is 4.48. The molecule has 5 heteroatoms. The number of aryl methyl sites for hydroxylation is 2. The topological polar surface area (TPSA) is 47.5 Å². The molecule has 3 rings (SSSR count). The standard InChI is InChI=1S/C18H23N3O2/c1-12-7-15(22-3)8-18(23-4)16(12)11-21-6-5-17-14(10-21)9-19-13(2)20-17/h7-9H,5-6,10-11H2,1-4H3. The van der Waals surface area contributed by atoms with Crippen LogP contribution < -0.4 is 9.47 Å². The first-order valence-corrected chi connectivity index (χ1v) is 7.86. The number of hydrogen-bond donors (Lipinski definition) is 0. The van der Waals surface area contributed by atoms with Crippen LogP contribution in [0.1, 0.15) is 28.2 Å². The number of rotatable bonds is 4. The van der Waals surface area contributed by atoms with Gasteiger partial charge < -0.3 is 9.47 Å². The highest BCUT2D eigenvalue weighted by atomic mass is 16.5. The van der Waals surface area contributed by atoms with Crippen molar-refractivity contribution in [1.29, 1.82) is 0 Å². The molecule has 2 aromatic rings. The minimum absolute atomic E-state index is 0.830.